The van der Waals surface area contributed by atoms with Crippen molar-refractivity contribution < 1.29 is 9.53 Å². The first-order chi connectivity index (χ1) is 14.6. The van der Waals surface area contributed by atoms with Crippen molar-refractivity contribution in [3.8, 4) is 5.75 Å². The van der Waals surface area contributed by atoms with E-state index in [9.17, 15) is 4.79 Å². The number of nitrogens with one attached hydrogen (secondary N) is 2. The number of carbonyl (C=O) groups excluding carboxylic acids is 1. The van der Waals surface area contributed by atoms with Crippen LogP contribution in [0.3, 0.4) is 0 Å². The van der Waals surface area contributed by atoms with E-state index in [-0.39, 0.29) is 42.5 Å². The Balaban J connectivity index is 0.00000341. The molecule has 1 aliphatic carbocycles. The summed E-state index contributed by atoms with van der Waals surface area (Å²) in [6.07, 6.45) is 3.04. The first kappa shape index (κ1) is 25.0. The number of para-hydroxylation sites is 1. The van der Waals surface area contributed by atoms with E-state index in [4.69, 9.17) is 9.73 Å². The molecule has 0 aromatic heterocycles. The Morgan fingerprint density at radius 2 is 1.84 bits per heavy atom. The number of aryl methyl sites for hydroxylation is 1. The molecule has 6 nitrogen and oxygen atoms in total. The Labute approximate surface area is 202 Å². The fourth-order valence-electron chi connectivity index (χ4n) is 3.58. The van der Waals surface area contributed by atoms with E-state index in [1.165, 1.54) is 11.1 Å². The molecule has 0 fully saturated rings. The number of fused-ring (bicyclic) bond motifs is 1. The SMILES string of the molecule is CCOc1ccccc1CN=C(NCC(=O)N(C)C)NC1CCc2ccccc2C1.I. The minimum atomic E-state index is 0. The molecule has 0 bridgehead atoms. The largest absolute Gasteiger partial charge is 0.494 e. The predicted molar refractivity (Wildman–Crippen MR) is 136 cm³/mol. The molecule has 2 N–H and O–H groups in total. The summed E-state index contributed by atoms with van der Waals surface area (Å²) in [5.74, 6) is 1.51. The third kappa shape index (κ3) is 7.41. The predicted octanol–water partition coefficient (Wildman–Crippen LogP) is 3.38. The molecule has 31 heavy (non-hydrogen) atoms. The number of ether oxygens (including phenoxy) is 1. The van der Waals surface area contributed by atoms with Gasteiger partial charge in [-0.25, -0.2) is 4.99 Å². The zero-order valence-electron chi connectivity index (χ0n) is 18.6. The zero-order valence-corrected chi connectivity index (χ0v) is 20.9. The van der Waals surface area contributed by atoms with Crippen LogP contribution in [0.4, 0.5) is 0 Å². The highest BCUT2D eigenvalue weighted by atomic mass is 127. The van der Waals surface area contributed by atoms with Crippen molar-refractivity contribution in [2.75, 3.05) is 27.2 Å². The minimum Gasteiger partial charge on any atom is -0.494 e. The highest BCUT2D eigenvalue weighted by molar-refractivity contribution is 14.0. The molecule has 2 aromatic carbocycles. The molecule has 0 spiro atoms. The Morgan fingerprint density at radius 1 is 1.13 bits per heavy atom. The van der Waals surface area contributed by atoms with Crippen LogP contribution in [0.2, 0.25) is 0 Å². The van der Waals surface area contributed by atoms with Crippen LogP contribution in [0.25, 0.3) is 0 Å². The van der Waals surface area contributed by atoms with Crippen molar-refractivity contribution in [3.05, 3.63) is 65.2 Å². The van der Waals surface area contributed by atoms with Crippen LogP contribution in [0, 0.1) is 0 Å². The van der Waals surface area contributed by atoms with Gasteiger partial charge in [-0.15, -0.1) is 24.0 Å². The van der Waals surface area contributed by atoms with Gasteiger partial charge in [-0.1, -0.05) is 42.5 Å². The van der Waals surface area contributed by atoms with Gasteiger partial charge in [0.15, 0.2) is 5.96 Å². The molecule has 0 saturated carbocycles. The van der Waals surface area contributed by atoms with Gasteiger partial charge in [0.25, 0.3) is 0 Å². The molecule has 3 rings (SSSR count). The minimum absolute atomic E-state index is 0. The van der Waals surface area contributed by atoms with E-state index >= 15 is 0 Å². The third-order valence-electron chi connectivity index (χ3n) is 5.27. The maximum atomic E-state index is 12.1. The summed E-state index contributed by atoms with van der Waals surface area (Å²) in [5.41, 5.74) is 3.83. The number of amides is 1. The van der Waals surface area contributed by atoms with Gasteiger partial charge in [0.05, 0.1) is 19.7 Å². The summed E-state index contributed by atoms with van der Waals surface area (Å²) >= 11 is 0. The van der Waals surface area contributed by atoms with Gasteiger partial charge >= 0.3 is 0 Å². The smallest absolute Gasteiger partial charge is 0.241 e. The van der Waals surface area contributed by atoms with Crippen LogP contribution in [0.1, 0.15) is 30.0 Å². The van der Waals surface area contributed by atoms with Crippen molar-refractivity contribution in [2.45, 2.75) is 38.8 Å². The average Bonchev–Trinajstić information content (AvgIpc) is 2.76. The number of hydrogen-bond acceptors (Lipinski definition) is 3. The second-order valence-electron chi connectivity index (χ2n) is 7.70. The van der Waals surface area contributed by atoms with Crippen molar-refractivity contribution in [1.29, 1.82) is 0 Å². The molecule has 2 aromatic rings. The molecule has 1 atom stereocenters. The quantitative estimate of drug-likeness (QED) is 0.324. The van der Waals surface area contributed by atoms with Crippen molar-refractivity contribution in [3.63, 3.8) is 0 Å². The number of halogens is 1. The Bertz CT molecular complexity index is 885. The van der Waals surface area contributed by atoms with E-state index < -0.39 is 0 Å². The molecule has 0 aliphatic heterocycles. The molecule has 1 amide bonds. The molecular formula is C24H33IN4O2. The molecule has 168 valence electrons. The third-order valence-corrected chi connectivity index (χ3v) is 5.27. The van der Waals surface area contributed by atoms with Crippen LogP contribution in [0.15, 0.2) is 53.5 Å². The summed E-state index contributed by atoms with van der Waals surface area (Å²) in [6.45, 7) is 3.27. The Morgan fingerprint density at radius 3 is 2.58 bits per heavy atom. The van der Waals surface area contributed by atoms with Crippen LogP contribution in [-0.4, -0.2) is 50.1 Å². The molecule has 0 saturated heterocycles. The summed E-state index contributed by atoms with van der Waals surface area (Å²) in [5, 5.41) is 6.74. The van der Waals surface area contributed by atoms with Crippen molar-refractivity contribution in [2.24, 2.45) is 4.99 Å². The summed E-state index contributed by atoms with van der Waals surface area (Å²) in [4.78, 5) is 18.4. The molecule has 1 aliphatic rings. The van der Waals surface area contributed by atoms with Gasteiger partial charge in [-0.3, -0.25) is 4.79 Å². The average molecular weight is 536 g/mol. The fourth-order valence-corrected chi connectivity index (χ4v) is 3.58. The normalized spacial score (nSPS) is 15.3. The number of hydrogen-bond donors (Lipinski definition) is 2. The first-order valence-electron chi connectivity index (χ1n) is 10.6. The van der Waals surface area contributed by atoms with Crippen molar-refractivity contribution >= 4 is 35.8 Å². The molecule has 1 unspecified atom stereocenters. The van der Waals surface area contributed by atoms with Gasteiger partial charge < -0.3 is 20.3 Å². The lowest BCUT2D eigenvalue weighted by Gasteiger charge is -2.27. The summed E-state index contributed by atoms with van der Waals surface area (Å²) in [6, 6.07) is 16.8. The zero-order chi connectivity index (χ0) is 21.3. The summed E-state index contributed by atoms with van der Waals surface area (Å²) < 4.78 is 5.72. The van der Waals surface area contributed by atoms with E-state index in [1.54, 1.807) is 19.0 Å². The Kier molecular flexibility index (Phi) is 10.1. The lowest BCUT2D eigenvalue weighted by molar-refractivity contribution is -0.127. The number of carbonyl (C=O) groups is 1. The highest BCUT2D eigenvalue weighted by Crippen LogP contribution is 2.21. The number of nitrogens with zero attached hydrogens (tertiary/aromatic N) is 2. The Hall–Kier alpha value is -2.29. The maximum Gasteiger partial charge on any atom is 0.241 e. The van der Waals surface area contributed by atoms with E-state index in [0.717, 1.165) is 30.6 Å². The maximum absolute atomic E-state index is 12.1. The first-order valence-corrected chi connectivity index (χ1v) is 10.6. The number of guanidine groups is 1. The molecular weight excluding hydrogens is 503 g/mol. The lowest BCUT2D eigenvalue weighted by atomic mass is 9.88. The monoisotopic (exact) mass is 536 g/mol. The molecule has 0 radical (unpaired) electrons. The van der Waals surface area contributed by atoms with Gasteiger partial charge in [0.2, 0.25) is 5.91 Å². The van der Waals surface area contributed by atoms with Crippen molar-refractivity contribution in [1.82, 2.24) is 15.5 Å². The number of benzene rings is 2. The van der Waals surface area contributed by atoms with Gasteiger partial charge in [0.1, 0.15) is 5.75 Å². The van der Waals surface area contributed by atoms with E-state index in [2.05, 4.69) is 34.9 Å². The van der Waals surface area contributed by atoms with Gasteiger partial charge in [0, 0.05) is 25.7 Å². The number of rotatable bonds is 7. The molecule has 7 heteroatoms. The fraction of sp³-hybridized carbons (Fsp3) is 0.417. The number of aliphatic imine (C=N–C) groups is 1. The van der Waals surface area contributed by atoms with Crippen LogP contribution in [0.5, 0.6) is 5.75 Å². The van der Waals surface area contributed by atoms with Crippen LogP contribution in [-0.2, 0) is 24.2 Å². The van der Waals surface area contributed by atoms with E-state index in [0.29, 0.717) is 19.1 Å². The van der Waals surface area contributed by atoms with Crippen LogP contribution < -0.4 is 15.4 Å². The summed E-state index contributed by atoms with van der Waals surface area (Å²) in [7, 11) is 3.51. The molecule has 0 heterocycles. The van der Waals surface area contributed by atoms with Gasteiger partial charge in [-0.05, 0) is 43.4 Å². The van der Waals surface area contributed by atoms with Crippen LogP contribution >= 0.6 is 24.0 Å². The standard InChI is InChI=1S/C24H32N4O2.HI/c1-4-30-22-12-8-7-11-20(22)16-25-24(26-17-23(29)28(2)3)27-21-14-13-18-9-5-6-10-19(18)15-21;/h5-12,21H,4,13-17H2,1-3H3,(H2,25,26,27);1H. The second kappa shape index (κ2) is 12.5. The number of likely N-dealkylation sites (N-methyl/N-ethyl adjacent to an activating group) is 1. The second-order valence-corrected chi connectivity index (χ2v) is 7.70. The van der Waals surface area contributed by atoms with E-state index in [1.807, 2.05) is 31.2 Å². The lowest BCUT2D eigenvalue weighted by Crippen LogP contribution is -2.48. The van der Waals surface area contributed by atoms with Gasteiger partial charge in [-0.2, -0.15) is 0 Å². The highest BCUT2D eigenvalue weighted by Gasteiger charge is 2.19. The topological polar surface area (TPSA) is 66.0 Å².